The quantitative estimate of drug-likeness (QED) is 0.507. The highest BCUT2D eigenvalue weighted by Gasteiger charge is 2.92. The van der Waals surface area contributed by atoms with E-state index in [1.54, 1.807) is 0 Å². The van der Waals surface area contributed by atoms with Gasteiger partial charge in [-0.05, 0) is 0 Å². The number of hydrogen-bond acceptors (Lipinski definition) is 0. The summed E-state index contributed by atoms with van der Waals surface area (Å²) in [5.74, 6) is -41.1. The summed E-state index contributed by atoms with van der Waals surface area (Å²) in [6, 6.07) is 0. The van der Waals surface area contributed by atoms with E-state index in [1.165, 1.54) is 0 Å². The lowest BCUT2D eigenvalue weighted by molar-refractivity contribution is -0.447. The molecule has 0 aliphatic carbocycles. The number of rotatable bonds is 5. The van der Waals surface area contributed by atoms with Crippen molar-refractivity contribution < 1.29 is 74.6 Å². The molecule has 0 nitrogen and oxygen atoms in total. The molecular weight excluding hydrogens is 419 g/mol. The van der Waals surface area contributed by atoms with Gasteiger partial charge in [-0.15, -0.1) is 0 Å². The van der Waals surface area contributed by atoms with Gasteiger partial charge in [0, 0.05) is 0 Å². The molecule has 0 radical (unpaired) electrons. The van der Waals surface area contributed by atoms with Crippen molar-refractivity contribution in [3.05, 3.63) is 0 Å². The second-order valence-electron chi connectivity index (χ2n) is 4.32. The maximum atomic E-state index is 12.8. The van der Waals surface area contributed by atoms with Crippen molar-refractivity contribution in [3.8, 4) is 0 Å². The smallest absolute Gasteiger partial charge is 0.230 e. The largest absolute Gasteiger partial charge is 0.460 e. The predicted molar refractivity (Wildman–Crippen MR) is 41.7 cm³/mol. The Labute approximate surface area is 124 Å². The van der Waals surface area contributed by atoms with Gasteiger partial charge in [0.05, 0.1) is 0 Å². The first-order chi connectivity index (χ1) is 10.4. The van der Waals surface area contributed by atoms with Crippen molar-refractivity contribution >= 4 is 0 Å². The van der Waals surface area contributed by atoms with Crippen molar-refractivity contribution in [2.75, 3.05) is 0 Å². The highest BCUT2D eigenvalue weighted by atomic mass is 19.4. The Balaban J connectivity index is 6.40. The van der Waals surface area contributed by atoms with Crippen LogP contribution in [0.25, 0.3) is 0 Å². The topological polar surface area (TPSA) is 0 Å². The summed E-state index contributed by atoms with van der Waals surface area (Å²) in [6.07, 6.45) is -21.1. The first kappa shape index (κ1) is 23.8. The van der Waals surface area contributed by atoms with E-state index in [0.29, 0.717) is 0 Å². The lowest BCUT2D eigenvalue weighted by Gasteiger charge is -2.40. The lowest BCUT2D eigenvalue weighted by Crippen LogP contribution is -2.72. The molecule has 0 aliphatic heterocycles. The van der Waals surface area contributed by atoms with E-state index in [2.05, 4.69) is 0 Å². The minimum atomic E-state index is -8.46. The van der Waals surface area contributed by atoms with Crippen LogP contribution in [0.4, 0.5) is 74.6 Å². The molecule has 0 bridgehead atoms. The SMILES string of the molecule is FC(C(F)(F)F)C(F)(F)C(F)(F)C(F)(F)C(F)(F)C(F)(F)C(F)(F)F. The summed E-state index contributed by atoms with van der Waals surface area (Å²) in [6.45, 7) is 0. The summed E-state index contributed by atoms with van der Waals surface area (Å²) >= 11 is 0. The fourth-order valence-electron chi connectivity index (χ4n) is 1.15. The molecule has 0 fully saturated rings. The molecule has 0 aliphatic rings. The Morgan fingerprint density at radius 2 is 0.680 bits per heavy atom. The van der Waals surface area contributed by atoms with E-state index in [4.69, 9.17) is 0 Å². The Morgan fingerprint density at radius 3 is 0.920 bits per heavy atom. The molecule has 0 rings (SSSR count). The Kier molecular flexibility index (Phi) is 5.38. The van der Waals surface area contributed by atoms with E-state index >= 15 is 0 Å². The van der Waals surface area contributed by atoms with Crippen molar-refractivity contribution in [1.29, 1.82) is 0 Å². The van der Waals surface area contributed by atoms with Gasteiger partial charge in [-0.3, -0.25) is 0 Å². The number of hydrogen-bond donors (Lipinski definition) is 0. The molecular formula is C8HF17. The maximum Gasteiger partial charge on any atom is 0.460 e. The molecule has 0 spiro atoms. The Hall–Kier alpha value is -1.19. The second-order valence-corrected chi connectivity index (χ2v) is 4.32. The first-order valence-corrected chi connectivity index (χ1v) is 5.07. The van der Waals surface area contributed by atoms with Gasteiger partial charge in [0.25, 0.3) is 6.17 Å². The summed E-state index contributed by atoms with van der Waals surface area (Å²) in [5, 5.41) is 0. The summed E-state index contributed by atoms with van der Waals surface area (Å²) < 4.78 is 208. The van der Waals surface area contributed by atoms with E-state index in [1.807, 2.05) is 0 Å². The summed E-state index contributed by atoms with van der Waals surface area (Å²) in [4.78, 5) is 0. The number of alkyl halides is 17. The monoisotopic (exact) mass is 420 g/mol. The molecule has 25 heavy (non-hydrogen) atoms. The van der Waals surface area contributed by atoms with Crippen molar-refractivity contribution in [2.24, 2.45) is 0 Å². The van der Waals surface area contributed by atoms with Crippen LogP contribution in [0.2, 0.25) is 0 Å². The third-order valence-corrected chi connectivity index (χ3v) is 2.56. The van der Waals surface area contributed by atoms with E-state index < -0.39 is 48.1 Å². The van der Waals surface area contributed by atoms with Gasteiger partial charge in [0.15, 0.2) is 0 Å². The molecule has 0 heterocycles. The van der Waals surface area contributed by atoms with E-state index in [-0.39, 0.29) is 0 Å². The van der Waals surface area contributed by atoms with Gasteiger partial charge in [-0.25, -0.2) is 4.39 Å². The standard InChI is InChI=1S/C8HF17/c9-1(3(12,13)14)2(10,11)4(15,16)5(17,18)6(19,20)7(21,22)8(23,24)25/h1H. The van der Waals surface area contributed by atoms with Crippen molar-refractivity contribution in [1.82, 2.24) is 0 Å². The molecule has 0 saturated carbocycles. The Bertz CT molecular complexity index is 478. The zero-order chi connectivity index (χ0) is 21.1. The van der Waals surface area contributed by atoms with E-state index in [9.17, 15) is 74.6 Å². The predicted octanol–water partition coefficient (Wildman–Crippen LogP) is 5.63. The zero-order valence-electron chi connectivity index (χ0n) is 10.5. The highest BCUT2D eigenvalue weighted by molar-refractivity contribution is 5.12. The Morgan fingerprint density at radius 1 is 0.400 bits per heavy atom. The van der Waals surface area contributed by atoms with Crippen molar-refractivity contribution in [3.63, 3.8) is 0 Å². The molecule has 0 aromatic heterocycles. The lowest BCUT2D eigenvalue weighted by atomic mass is 9.92. The van der Waals surface area contributed by atoms with Gasteiger partial charge < -0.3 is 0 Å². The average molecular weight is 420 g/mol. The molecule has 0 amide bonds. The third-order valence-electron chi connectivity index (χ3n) is 2.56. The van der Waals surface area contributed by atoms with Gasteiger partial charge >= 0.3 is 42.0 Å². The van der Waals surface area contributed by atoms with Crippen LogP contribution < -0.4 is 0 Å². The normalized spacial score (nSPS) is 17.6. The number of halogens is 17. The van der Waals surface area contributed by atoms with Gasteiger partial charge in [-0.1, -0.05) is 0 Å². The molecule has 1 atom stereocenters. The minimum absolute atomic E-state index is 6.30. The maximum absolute atomic E-state index is 12.8. The molecule has 0 aromatic rings. The second kappa shape index (κ2) is 5.65. The highest BCUT2D eigenvalue weighted by Crippen LogP contribution is 2.61. The van der Waals surface area contributed by atoms with Gasteiger partial charge in [0.2, 0.25) is 0 Å². The van der Waals surface area contributed by atoms with Crippen LogP contribution in [-0.2, 0) is 0 Å². The molecule has 0 saturated heterocycles. The fraction of sp³-hybridized carbons (Fsp3) is 1.00. The third kappa shape index (κ3) is 3.17. The average Bonchev–Trinajstić information content (AvgIpc) is 2.34. The summed E-state index contributed by atoms with van der Waals surface area (Å²) in [5.41, 5.74) is 0. The van der Waals surface area contributed by atoms with Gasteiger partial charge in [0.1, 0.15) is 0 Å². The van der Waals surface area contributed by atoms with Gasteiger partial charge in [-0.2, -0.15) is 70.2 Å². The van der Waals surface area contributed by atoms with Crippen LogP contribution >= 0.6 is 0 Å². The van der Waals surface area contributed by atoms with Crippen LogP contribution in [0.3, 0.4) is 0 Å². The minimum Gasteiger partial charge on any atom is -0.230 e. The molecule has 0 aromatic carbocycles. The summed E-state index contributed by atoms with van der Waals surface area (Å²) in [7, 11) is 0. The molecule has 1 unspecified atom stereocenters. The van der Waals surface area contributed by atoms with E-state index in [0.717, 1.165) is 0 Å². The van der Waals surface area contributed by atoms with Crippen LogP contribution in [0.15, 0.2) is 0 Å². The molecule has 17 heteroatoms. The van der Waals surface area contributed by atoms with Crippen LogP contribution in [0, 0.1) is 0 Å². The molecule has 0 N–H and O–H groups in total. The van der Waals surface area contributed by atoms with Crippen molar-refractivity contribution in [2.45, 2.75) is 48.1 Å². The first-order valence-electron chi connectivity index (χ1n) is 5.07. The molecule has 152 valence electrons. The van der Waals surface area contributed by atoms with Crippen LogP contribution in [-0.4, -0.2) is 48.1 Å². The zero-order valence-corrected chi connectivity index (χ0v) is 10.5. The fourth-order valence-corrected chi connectivity index (χ4v) is 1.15. The van der Waals surface area contributed by atoms with Crippen LogP contribution in [0.1, 0.15) is 0 Å². The van der Waals surface area contributed by atoms with Crippen LogP contribution in [0.5, 0.6) is 0 Å².